The average Bonchev–Trinajstić information content (AvgIpc) is 2.68. The smallest absolute Gasteiger partial charge is 0.198 e. The lowest BCUT2D eigenvalue weighted by molar-refractivity contribution is -0.101. The van der Waals surface area contributed by atoms with Crippen LogP contribution in [0.15, 0.2) is 36.4 Å². The van der Waals surface area contributed by atoms with Crippen molar-refractivity contribution in [3.63, 3.8) is 0 Å². The molecule has 1 unspecified atom stereocenters. The van der Waals surface area contributed by atoms with E-state index in [1.807, 2.05) is 37.3 Å². The number of rotatable bonds is 7. The molecule has 4 N–H and O–H groups in total. The Balaban J connectivity index is 2.08. The van der Waals surface area contributed by atoms with Crippen molar-refractivity contribution in [3.8, 4) is 0 Å². The van der Waals surface area contributed by atoms with Crippen molar-refractivity contribution < 1.29 is 14.9 Å². The molecule has 7 heteroatoms. The number of nitrogens with zero attached hydrogens (tertiary/aromatic N) is 2. The summed E-state index contributed by atoms with van der Waals surface area (Å²) in [6.45, 7) is 5.27. The number of anilines is 3. The van der Waals surface area contributed by atoms with E-state index in [0.717, 1.165) is 11.4 Å². The molecule has 28 heavy (non-hydrogen) atoms. The maximum absolute atomic E-state index is 10.4. The van der Waals surface area contributed by atoms with Gasteiger partial charge in [-0.2, -0.15) is 0 Å². The Kier molecular flexibility index (Phi) is 6.61. The van der Waals surface area contributed by atoms with Gasteiger partial charge >= 0.3 is 0 Å². The number of piperidine rings is 1. The van der Waals surface area contributed by atoms with Crippen molar-refractivity contribution in [1.82, 2.24) is 4.98 Å². The number of hydrogen-bond acceptors (Lipinski definition) is 7. The fourth-order valence-corrected chi connectivity index (χ4v) is 3.40. The van der Waals surface area contributed by atoms with E-state index < -0.39 is 6.29 Å². The van der Waals surface area contributed by atoms with Gasteiger partial charge in [0.05, 0.1) is 17.4 Å². The zero-order chi connectivity index (χ0) is 20.1. The minimum atomic E-state index is -1.14. The third kappa shape index (κ3) is 4.67. The van der Waals surface area contributed by atoms with E-state index in [4.69, 9.17) is 10.1 Å². The summed E-state index contributed by atoms with van der Waals surface area (Å²) in [7, 11) is 0. The number of aromatic nitrogens is 1. The first-order valence-electron chi connectivity index (χ1n) is 9.64. The molecule has 1 aromatic heterocycles. The first-order valence-corrected chi connectivity index (χ1v) is 9.64. The number of hydrogen-bond donors (Lipinski definition) is 4. The average molecular weight is 384 g/mol. The number of nitrogens with one attached hydrogen (secondary N) is 2. The number of aliphatic hydroxyl groups excluding tert-OH is 2. The second kappa shape index (κ2) is 9.14. The van der Waals surface area contributed by atoms with Crippen molar-refractivity contribution in [2.24, 2.45) is 0 Å². The van der Waals surface area contributed by atoms with Crippen LogP contribution in [-0.2, 0) is 4.74 Å². The topological polar surface area (TPSA) is 102 Å². The molecule has 3 rings (SSSR count). The normalized spacial score (nSPS) is 16.1. The summed E-state index contributed by atoms with van der Waals surface area (Å²) < 4.78 is 5.35. The van der Waals surface area contributed by atoms with E-state index in [1.54, 1.807) is 13.0 Å². The minimum absolute atomic E-state index is 0.294. The molecule has 150 valence electrons. The van der Waals surface area contributed by atoms with Crippen LogP contribution < -0.4 is 10.2 Å². The highest BCUT2D eigenvalue weighted by Crippen LogP contribution is 2.33. The van der Waals surface area contributed by atoms with Gasteiger partial charge in [-0.25, -0.2) is 4.98 Å². The van der Waals surface area contributed by atoms with Gasteiger partial charge in [-0.1, -0.05) is 18.2 Å². The van der Waals surface area contributed by atoms with Crippen LogP contribution in [0.5, 0.6) is 0 Å². The standard InChI is InChI=1S/C21H28N4O3/c1-3-28-21(27)17-13-18(25-11-9-16(26)10-12-25)19(14(2)22)20(24-17)23-15-7-5-4-6-8-15/h4-8,13,16,21-22,26-27H,3,9-12H2,1-2H3,(H,23,24). The molecule has 1 fully saturated rings. The first kappa shape index (κ1) is 20.3. The van der Waals surface area contributed by atoms with Gasteiger partial charge in [0.25, 0.3) is 0 Å². The van der Waals surface area contributed by atoms with E-state index in [1.165, 1.54) is 0 Å². The van der Waals surface area contributed by atoms with Gasteiger partial charge in [0.15, 0.2) is 6.29 Å². The Bertz CT molecular complexity index is 805. The SMILES string of the molecule is CCOC(O)c1cc(N2CCC(O)CC2)c(C(C)=N)c(Nc2ccccc2)n1. The molecule has 0 aliphatic carbocycles. The zero-order valence-electron chi connectivity index (χ0n) is 16.4. The summed E-state index contributed by atoms with van der Waals surface area (Å²) in [6.07, 6.45) is -0.0960. The Morgan fingerprint density at radius 1 is 1.32 bits per heavy atom. The molecule has 0 amide bonds. The molecule has 2 aromatic rings. The highest BCUT2D eigenvalue weighted by Gasteiger charge is 2.25. The van der Waals surface area contributed by atoms with E-state index in [0.29, 0.717) is 55.3 Å². The minimum Gasteiger partial charge on any atom is -0.393 e. The summed E-state index contributed by atoms with van der Waals surface area (Å²) >= 11 is 0. The first-order chi connectivity index (χ1) is 13.5. The molecule has 7 nitrogen and oxygen atoms in total. The summed E-state index contributed by atoms with van der Waals surface area (Å²) in [5.74, 6) is 0.510. The van der Waals surface area contributed by atoms with Crippen LogP contribution in [0.1, 0.15) is 44.2 Å². The third-order valence-corrected chi connectivity index (χ3v) is 4.81. The second-order valence-corrected chi connectivity index (χ2v) is 6.93. The van der Waals surface area contributed by atoms with Crippen LogP contribution in [0.3, 0.4) is 0 Å². The largest absolute Gasteiger partial charge is 0.393 e. The maximum Gasteiger partial charge on any atom is 0.198 e. The van der Waals surface area contributed by atoms with Gasteiger partial charge in [0.2, 0.25) is 0 Å². The molecular formula is C21H28N4O3. The molecule has 1 aromatic carbocycles. The third-order valence-electron chi connectivity index (χ3n) is 4.81. The molecule has 1 aliphatic heterocycles. The number of aliphatic hydroxyl groups is 2. The molecular weight excluding hydrogens is 356 g/mol. The molecule has 1 aliphatic rings. The number of pyridine rings is 1. The van der Waals surface area contributed by atoms with Gasteiger partial charge in [-0.3, -0.25) is 0 Å². The van der Waals surface area contributed by atoms with Crippen molar-refractivity contribution in [2.75, 3.05) is 29.9 Å². The monoisotopic (exact) mass is 384 g/mol. The zero-order valence-corrected chi connectivity index (χ0v) is 16.4. The Morgan fingerprint density at radius 3 is 2.61 bits per heavy atom. The summed E-state index contributed by atoms with van der Waals surface area (Å²) in [6, 6.07) is 11.4. The number of ether oxygens (including phenoxy) is 1. The van der Waals surface area contributed by atoms with E-state index in [2.05, 4.69) is 15.2 Å². The molecule has 0 bridgehead atoms. The van der Waals surface area contributed by atoms with E-state index in [-0.39, 0.29) is 6.10 Å². The van der Waals surface area contributed by atoms with Crippen molar-refractivity contribution in [2.45, 2.75) is 39.1 Å². The van der Waals surface area contributed by atoms with Crippen LogP contribution in [0.4, 0.5) is 17.2 Å². The predicted molar refractivity (Wildman–Crippen MR) is 111 cm³/mol. The molecule has 2 heterocycles. The second-order valence-electron chi connectivity index (χ2n) is 6.93. The van der Waals surface area contributed by atoms with Gasteiger partial charge in [-0.05, 0) is 44.9 Å². The Morgan fingerprint density at radius 2 is 2.00 bits per heavy atom. The lowest BCUT2D eigenvalue weighted by Crippen LogP contribution is -2.37. The van der Waals surface area contributed by atoms with E-state index in [9.17, 15) is 10.2 Å². The highest BCUT2D eigenvalue weighted by molar-refractivity contribution is 6.06. The lowest BCUT2D eigenvalue weighted by atomic mass is 10.0. The van der Waals surface area contributed by atoms with Gasteiger partial charge in [0, 0.05) is 31.1 Å². The molecule has 1 atom stereocenters. The summed E-state index contributed by atoms with van der Waals surface area (Å²) in [4.78, 5) is 6.71. The van der Waals surface area contributed by atoms with Crippen LogP contribution in [0, 0.1) is 5.41 Å². The fraction of sp³-hybridized carbons (Fsp3) is 0.429. The van der Waals surface area contributed by atoms with Crippen LogP contribution in [0.25, 0.3) is 0 Å². The number of benzene rings is 1. The molecule has 0 spiro atoms. The molecule has 1 saturated heterocycles. The van der Waals surface area contributed by atoms with Crippen molar-refractivity contribution >= 4 is 22.9 Å². The van der Waals surface area contributed by atoms with Crippen LogP contribution in [-0.4, -0.2) is 46.7 Å². The van der Waals surface area contributed by atoms with E-state index >= 15 is 0 Å². The molecule has 0 radical (unpaired) electrons. The Labute approximate surface area is 165 Å². The van der Waals surface area contributed by atoms with Crippen molar-refractivity contribution in [3.05, 3.63) is 47.7 Å². The van der Waals surface area contributed by atoms with Gasteiger partial charge in [-0.15, -0.1) is 0 Å². The lowest BCUT2D eigenvalue weighted by Gasteiger charge is -2.34. The quantitative estimate of drug-likeness (QED) is 0.432. The Hall–Kier alpha value is -2.48. The van der Waals surface area contributed by atoms with Crippen LogP contribution >= 0.6 is 0 Å². The van der Waals surface area contributed by atoms with Crippen LogP contribution in [0.2, 0.25) is 0 Å². The summed E-state index contributed by atoms with van der Waals surface area (Å²) in [5.41, 5.74) is 3.13. The highest BCUT2D eigenvalue weighted by atomic mass is 16.6. The van der Waals surface area contributed by atoms with Gasteiger partial charge in [0.1, 0.15) is 11.5 Å². The van der Waals surface area contributed by atoms with Crippen molar-refractivity contribution in [1.29, 1.82) is 5.41 Å². The fourth-order valence-electron chi connectivity index (χ4n) is 3.40. The predicted octanol–water partition coefficient (Wildman–Crippen LogP) is 3.20. The maximum atomic E-state index is 10.4. The summed E-state index contributed by atoms with van der Waals surface area (Å²) in [5, 5.41) is 31.9. The molecule has 0 saturated carbocycles. The number of para-hydroxylation sites is 1. The van der Waals surface area contributed by atoms with Gasteiger partial charge < -0.3 is 30.6 Å².